The number of carbonyl (C=O) groups excluding carboxylic acids is 2. The van der Waals surface area contributed by atoms with Gasteiger partial charge < -0.3 is 9.80 Å². The lowest BCUT2D eigenvalue weighted by molar-refractivity contribution is -0.132. The van der Waals surface area contributed by atoms with Crippen LogP contribution in [0.25, 0.3) is 0 Å². The van der Waals surface area contributed by atoms with E-state index in [9.17, 15) is 9.59 Å². The van der Waals surface area contributed by atoms with E-state index in [1.54, 1.807) is 0 Å². The second-order valence-corrected chi connectivity index (χ2v) is 6.35. The molecule has 0 radical (unpaired) electrons. The molecule has 1 aromatic carbocycles. The van der Waals surface area contributed by atoms with Gasteiger partial charge in [0.05, 0.1) is 0 Å². The zero-order chi connectivity index (χ0) is 16.8. The minimum Gasteiger partial charge on any atom is -0.339 e. The van der Waals surface area contributed by atoms with Crippen LogP contribution in [-0.2, 0) is 4.79 Å². The first-order valence-electron chi connectivity index (χ1n) is 8.73. The summed E-state index contributed by atoms with van der Waals surface area (Å²) in [6.07, 6.45) is 2.58. The molecular formula is C19H28N2O2. The summed E-state index contributed by atoms with van der Waals surface area (Å²) in [7, 11) is 0. The van der Waals surface area contributed by atoms with Crippen LogP contribution in [0.1, 0.15) is 61.9 Å². The van der Waals surface area contributed by atoms with Crippen molar-refractivity contribution in [2.24, 2.45) is 0 Å². The van der Waals surface area contributed by atoms with Gasteiger partial charge in [-0.25, -0.2) is 0 Å². The summed E-state index contributed by atoms with van der Waals surface area (Å²) in [6.45, 7) is 8.93. The van der Waals surface area contributed by atoms with Gasteiger partial charge in [0.15, 0.2) is 0 Å². The Bertz CT molecular complexity index is 531. The van der Waals surface area contributed by atoms with E-state index in [0.29, 0.717) is 38.5 Å². The van der Waals surface area contributed by atoms with Crippen LogP contribution in [0, 0.1) is 0 Å². The van der Waals surface area contributed by atoms with Gasteiger partial charge >= 0.3 is 0 Å². The standard InChI is InChI=1S/C19H28N2O2/c1-4-6-18(22)20-11-13-21(14-12-20)19(23)17-9-7-16(8-10-17)15(3)5-2/h7-10,15H,4-6,11-14H2,1-3H3. The zero-order valence-electron chi connectivity index (χ0n) is 14.5. The molecule has 0 aliphatic carbocycles. The van der Waals surface area contributed by atoms with Crippen molar-refractivity contribution >= 4 is 11.8 Å². The number of piperazine rings is 1. The van der Waals surface area contributed by atoms with E-state index in [0.717, 1.165) is 18.4 Å². The highest BCUT2D eigenvalue weighted by Crippen LogP contribution is 2.19. The molecule has 0 aromatic heterocycles. The minimum atomic E-state index is 0.0725. The molecule has 1 atom stereocenters. The van der Waals surface area contributed by atoms with Crippen molar-refractivity contribution in [1.29, 1.82) is 0 Å². The maximum absolute atomic E-state index is 12.6. The highest BCUT2D eigenvalue weighted by atomic mass is 16.2. The van der Waals surface area contributed by atoms with E-state index in [2.05, 4.69) is 26.0 Å². The molecule has 1 aliphatic rings. The van der Waals surface area contributed by atoms with E-state index in [4.69, 9.17) is 0 Å². The summed E-state index contributed by atoms with van der Waals surface area (Å²) in [6, 6.07) is 7.97. The molecule has 2 amide bonds. The second kappa shape index (κ2) is 8.14. The molecule has 1 aromatic rings. The molecule has 0 N–H and O–H groups in total. The van der Waals surface area contributed by atoms with Crippen LogP contribution in [-0.4, -0.2) is 47.8 Å². The van der Waals surface area contributed by atoms with Gasteiger partial charge in [-0.2, -0.15) is 0 Å². The summed E-state index contributed by atoms with van der Waals surface area (Å²) in [5.74, 6) is 0.799. The molecular weight excluding hydrogens is 288 g/mol. The van der Waals surface area contributed by atoms with Gasteiger partial charge in [0, 0.05) is 38.2 Å². The number of rotatable bonds is 5. The van der Waals surface area contributed by atoms with Crippen molar-refractivity contribution in [1.82, 2.24) is 9.80 Å². The Hall–Kier alpha value is -1.84. The molecule has 126 valence electrons. The molecule has 2 rings (SSSR count). The van der Waals surface area contributed by atoms with Crippen LogP contribution < -0.4 is 0 Å². The number of hydrogen-bond acceptors (Lipinski definition) is 2. The molecule has 1 aliphatic heterocycles. The van der Waals surface area contributed by atoms with Crippen molar-refractivity contribution in [3.63, 3.8) is 0 Å². The number of carbonyl (C=O) groups is 2. The Morgan fingerprint density at radius 3 is 2.09 bits per heavy atom. The molecule has 4 heteroatoms. The van der Waals surface area contributed by atoms with Gasteiger partial charge in [-0.1, -0.05) is 32.9 Å². The molecule has 1 heterocycles. The number of benzene rings is 1. The molecule has 23 heavy (non-hydrogen) atoms. The fourth-order valence-electron chi connectivity index (χ4n) is 2.90. The summed E-state index contributed by atoms with van der Waals surface area (Å²) >= 11 is 0. The number of hydrogen-bond donors (Lipinski definition) is 0. The summed E-state index contributed by atoms with van der Waals surface area (Å²) in [5, 5.41) is 0. The first kappa shape index (κ1) is 17.5. The number of amides is 2. The largest absolute Gasteiger partial charge is 0.339 e. The maximum atomic E-state index is 12.6. The number of nitrogens with zero attached hydrogens (tertiary/aromatic N) is 2. The minimum absolute atomic E-state index is 0.0725. The van der Waals surface area contributed by atoms with Crippen LogP contribution >= 0.6 is 0 Å². The van der Waals surface area contributed by atoms with Crippen LogP contribution in [0.5, 0.6) is 0 Å². The third kappa shape index (κ3) is 4.34. The molecule has 1 unspecified atom stereocenters. The Kier molecular flexibility index (Phi) is 6.20. The quantitative estimate of drug-likeness (QED) is 0.836. The van der Waals surface area contributed by atoms with E-state index in [-0.39, 0.29) is 11.8 Å². The van der Waals surface area contributed by atoms with Crippen LogP contribution in [0.4, 0.5) is 0 Å². The first-order valence-corrected chi connectivity index (χ1v) is 8.73. The van der Waals surface area contributed by atoms with Crippen molar-refractivity contribution in [2.75, 3.05) is 26.2 Å². The SMILES string of the molecule is CCCC(=O)N1CCN(C(=O)c2ccc(C(C)CC)cc2)CC1. The van der Waals surface area contributed by atoms with Crippen molar-refractivity contribution in [3.05, 3.63) is 35.4 Å². The topological polar surface area (TPSA) is 40.6 Å². The summed E-state index contributed by atoms with van der Waals surface area (Å²) in [5.41, 5.74) is 2.02. The van der Waals surface area contributed by atoms with E-state index in [1.807, 2.05) is 28.9 Å². The van der Waals surface area contributed by atoms with Crippen molar-refractivity contribution < 1.29 is 9.59 Å². The van der Waals surface area contributed by atoms with Gasteiger partial charge in [-0.3, -0.25) is 9.59 Å². The van der Waals surface area contributed by atoms with Crippen molar-refractivity contribution in [3.8, 4) is 0 Å². The normalized spacial score (nSPS) is 16.3. The van der Waals surface area contributed by atoms with Crippen molar-refractivity contribution in [2.45, 2.75) is 46.0 Å². The van der Waals surface area contributed by atoms with Gasteiger partial charge in [0.2, 0.25) is 5.91 Å². The van der Waals surface area contributed by atoms with Gasteiger partial charge in [0.25, 0.3) is 5.91 Å². The van der Waals surface area contributed by atoms with Gasteiger partial charge in [-0.05, 0) is 36.5 Å². The van der Waals surface area contributed by atoms with Gasteiger partial charge in [-0.15, -0.1) is 0 Å². The second-order valence-electron chi connectivity index (χ2n) is 6.35. The molecule has 1 fully saturated rings. The average Bonchev–Trinajstić information content (AvgIpc) is 2.61. The smallest absolute Gasteiger partial charge is 0.253 e. The Balaban J connectivity index is 1.93. The van der Waals surface area contributed by atoms with Crippen LogP contribution in [0.15, 0.2) is 24.3 Å². The highest BCUT2D eigenvalue weighted by molar-refractivity contribution is 5.94. The summed E-state index contributed by atoms with van der Waals surface area (Å²) in [4.78, 5) is 28.2. The Morgan fingerprint density at radius 2 is 1.57 bits per heavy atom. The third-order valence-corrected chi connectivity index (χ3v) is 4.72. The fraction of sp³-hybridized carbons (Fsp3) is 0.579. The predicted octanol–water partition coefficient (Wildman–Crippen LogP) is 3.28. The van der Waals surface area contributed by atoms with Crippen LogP contribution in [0.2, 0.25) is 0 Å². The van der Waals surface area contributed by atoms with E-state index in [1.165, 1.54) is 5.56 Å². The zero-order valence-corrected chi connectivity index (χ0v) is 14.5. The van der Waals surface area contributed by atoms with Crippen LogP contribution in [0.3, 0.4) is 0 Å². The van der Waals surface area contributed by atoms with E-state index >= 15 is 0 Å². The highest BCUT2D eigenvalue weighted by Gasteiger charge is 2.24. The average molecular weight is 316 g/mol. The maximum Gasteiger partial charge on any atom is 0.253 e. The fourth-order valence-corrected chi connectivity index (χ4v) is 2.90. The summed E-state index contributed by atoms with van der Waals surface area (Å²) < 4.78 is 0. The van der Waals surface area contributed by atoms with E-state index < -0.39 is 0 Å². The molecule has 0 spiro atoms. The molecule has 4 nitrogen and oxygen atoms in total. The lowest BCUT2D eigenvalue weighted by Gasteiger charge is -2.35. The lowest BCUT2D eigenvalue weighted by atomic mass is 9.97. The third-order valence-electron chi connectivity index (χ3n) is 4.72. The monoisotopic (exact) mass is 316 g/mol. The first-order chi connectivity index (χ1) is 11.1. The molecule has 0 saturated carbocycles. The molecule has 0 bridgehead atoms. The lowest BCUT2D eigenvalue weighted by Crippen LogP contribution is -2.50. The Labute approximate surface area is 139 Å². The van der Waals surface area contributed by atoms with Gasteiger partial charge in [0.1, 0.15) is 0 Å². The predicted molar refractivity (Wildman–Crippen MR) is 92.5 cm³/mol. The molecule has 1 saturated heterocycles. The Morgan fingerprint density at radius 1 is 1.00 bits per heavy atom.